The number of anilines is 2. The lowest BCUT2D eigenvalue weighted by molar-refractivity contribution is 0.102. The highest BCUT2D eigenvalue weighted by Gasteiger charge is 2.14. The Morgan fingerprint density at radius 2 is 1.79 bits per heavy atom. The van der Waals surface area contributed by atoms with Gasteiger partial charge in [-0.3, -0.25) is 14.8 Å². The predicted molar refractivity (Wildman–Crippen MR) is 152 cm³/mol. The molecular formula is C30H29N7O2. The number of aryl methyl sites for hydroxylation is 1. The van der Waals surface area contributed by atoms with Crippen LogP contribution in [-0.2, 0) is 6.54 Å². The van der Waals surface area contributed by atoms with Gasteiger partial charge in [-0.1, -0.05) is 18.2 Å². The first-order chi connectivity index (χ1) is 19.0. The van der Waals surface area contributed by atoms with Crippen molar-refractivity contribution in [3.63, 3.8) is 0 Å². The second-order valence-electron chi connectivity index (χ2n) is 9.80. The Kier molecular flexibility index (Phi) is 6.64. The largest absolute Gasteiger partial charge is 0.457 e. The summed E-state index contributed by atoms with van der Waals surface area (Å²) in [6, 6.07) is 21.1. The van der Waals surface area contributed by atoms with Crippen molar-refractivity contribution in [2.45, 2.75) is 26.3 Å². The van der Waals surface area contributed by atoms with Crippen molar-refractivity contribution in [3.05, 3.63) is 89.7 Å². The molecule has 0 aliphatic carbocycles. The number of nitrogens with one attached hydrogen (secondary N) is 2. The molecule has 3 aromatic carbocycles. The first kappa shape index (κ1) is 24.6. The number of hydrogen-bond acceptors (Lipinski definition) is 7. The molecule has 0 unspecified atom stereocenters. The number of amides is 1. The molecule has 196 valence electrons. The van der Waals surface area contributed by atoms with Crippen LogP contribution in [0.25, 0.3) is 22.3 Å². The van der Waals surface area contributed by atoms with Crippen molar-refractivity contribution < 1.29 is 9.53 Å². The van der Waals surface area contributed by atoms with E-state index in [1.54, 1.807) is 0 Å². The molecule has 5 aromatic rings. The molecule has 0 spiro atoms. The number of benzene rings is 3. The van der Waals surface area contributed by atoms with Crippen molar-refractivity contribution in [1.29, 1.82) is 0 Å². The summed E-state index contributed by atoms with van der Waals surface area (Å²) >= 11 is 0. The third kappa shape index (κ3) is 5.30. The van der Waals surface area contributed by atoms with E-state index in [-0.39, 0.29) is 5.91 Å². The van der Waals surface area contributed by atoms with Crippen LogP contribution in [0.1, 0.15) is 34.3 Å². The summed E-state index contributed by atoms with van der Waals surface area (Å²) < 4.78 is 6.17. The monoisotopic (exact) mass is 519 g/mol. The number of H-pyrrole nitrogens is 1. The molecule has 3 heterocycles. The molecule has 0 saturated carbocycles. The average Bonchev–Trinajstić information content (AvgIpc) is 3.62. The highest BCUT2D eigenvalue weighted by molar-refractivity contribution is 6.04. The Morgan fingerprint density at radius 3 is 2.56 bits per heavy atom. The molecule has 1 aliphatic heterocycles. The fourth-order valence-corrected chi connectivity index (χ4v) is 4.86. The van der Waals surface area contributed by atoms with Gasteiger partial charge in [-0.05, 0) is 86.4 Å². The summed E-state index contributed by atoms with van der Waals surface area (Å²) in [5.74, 6) is 1.53. The van der Waals surface area contributed by atoms with E-state index in [4.69, 9.17) is 10.5 Å². The van der Waals surface area contributed by atoms with Crippen molar-refractivity contribution in [3.8, 4) is 22.8 Å². The van der Waals surface area contributed by atoms with Gasteiger partial charge in [-0.15, -0.1) is 0 Å². The van der Waals surface area contributed by atoms with Gasteiger partial charge in [0.05, 0.1) is 11.1 Å². The Morgan fingerprint density at radius 1 is 1.03 bits per heavy atom. The number of carbonyl (C=O) groups is 1. The van der Waals surface area contributed by atoms with Crippen molar-refractivity contribution in [2.75, 3.05) is 24.1 Å². The van der Waals surface area contributed by atoms with Crippen molar-refractivity contribution >= 4 is 28.4 Å². The number of aromatic nitrogens is 4. The van der Waals surface area contributed by atoms with Crippen LogP contribution in [0.2, 0.25) is 0 Å². The van der Waals surface area contributed by atoms with E-state index in [0.29, 0.717) is 39.6 Å². The molecule has 1 aliphatic rings. The molecule has 0 bridgehead atoms. The van der Waals surface area contributed by atoms with Gasteiger partial charge in [-0.2, -0.15) is 5.10 Å². The second-order valence-corrected chi connectivity index (χ2v) is 9.80. The number of nitrogens with zero attached hydrogens (tertiary/aromatic N) is 4. The van der Waals surface area contributed by atoms with Gasteiger partial charge in [0.15, 0.2) is 5.65 Å². The Bertz CT molecular complexity index is 1620. The maximum atomic E-state index is 12.9. The predicted octanol–water partition coefficient (Wildman–Crippen LogP) is 5.55. The standard InChI is InChI=1S/C30H29N7O2/c1-19-4-11-23(34-30(38)22-7-5-20(6-8-22)17-37-14-2-3-15-37)16-25(19)39-24-12-9-21(10-13-24)27-26-28(31)32-18-33-29(26)36-35-27/h4-13,16,18H,2-3,14-15,17H2,1H3,(H,34,38)(H3,31,32,33,35,36). The maximum Gasteiger partial charge on any atom is 0.255 e. The van der Waals surface area contributed by atoms with Crippen LogP contribution in [0.15, 0.2) is 73.1 Å². The van der Waals surface area contributed by atoms with Crippen LogP contribution in [0.4, 0.5) is 11.5 Å². The number of hydrogen-bond donors (Lipinski definition) is 3. The minimum absolute atomic E-state index is 0.156. The summed E-state index contributed by atoms with van der Waals surface area (Å²) in [6.45, 7) is 5.20. The van der Waals surface area contributed by atoms with Gasteiger partial charge in [0.2, 0.25) is 0 Å². The van der Waals surface area contributed by atoms with Gasteiger partial charge in [-0.25, -0.2) is 9.97 Å². The molecule has 0 atom stereocenters. The average molecular weight is 520 g/mol. The van der Waals surface area contributed by atoms with E-state index in [1.165, 1.54) is 24.7 Å². The molecule has 1 saturated heterocycles. The molecule has 9 nitrogen and oxygen atoms in total. The smallest absolute Gasteiger partial charge is 0.255 e. The van der Waals surface area contributed by atoms with Gasteiger partial charge < -0.3 is 15.8 Å². The van der Waals surface area contributed by atoms with Gasteiger partial charge in [0.25, 0.3) is 5.91 Å². The molecule has 39 heavy (non-hydrogen) atoms. The molecule has 4 N–H and O–H groups in total. The second kappa shape index (κ2) is 10.5. The molecular weight excluding hydrogens is 490 g/mol. The number of rotatable bonds is 7. The van der Waals surface area contributed by atoms with Gasteiger partial charge >= 0.3 is 0 Å². The topological polar surface area (TPSA) is 122 Å². The molecule has 0 radical (unpaired) electrons. The molecule has 6 rings (SSSR count). The fraction of sp³-hybridized carbons (Fsp3) is 0.200. The minimum atomic E-state index is -0.156. The van der Waals surface area contributed by atoms with Crippen LogP contribution in [0.3, 0.4) is 0 Å². The molecule has 9 heteroatoms. The summed E-state index contributed by atoms with van der Waals surface area (Å²) in [6.07, 6.45) is 3.92. The van der Waals surface area contributed by atoms with E-state index in [1.807, 2.05) is 73.7 Å². The Hall–Kier alpha value is -4.76. The lowest BCUT2D eigenvalue weighted by atomic mass is 10.1. The van der Waals surface area contributed by atoms with E-state index >= 15 is 0 Å². The van der Waals surface area contributed by atoms with Crippen LogP contribution in [0, 0.1) is 6.92 Å². The first-order valence-corrected chi connectivity index (χ1v) is 13.0. The summed E-state index contributed by atoms with van der Waals surface area (Å²) in [5.41, 5.74) is 11.7. The highest BCUT2D eigenvalue weighted by Crippen LogP contribution is 2.32. The number of aromatic amines is 1. The summed E-state index contributed by atoms with van der Waals surface area (Å²) in [5, 5.41) is 10.9. The van der Waals surface area contributed by atoms with E-state index in [0.717, 1.165) is 36.5 Å². The number of fused-ring (bicyclic) bond motifs is 1. The normalized spacial score (nSPS) is 13.6. The zero-order valence-corrected chi connectivity index (χ0v) is 21.6. The highest BCUT2D eigenvalue weighted by atomic mass is 16.5. The summed E-state index contributed by atoms with van der Waals surface area (Å²) in [7, 11) is 0. The van der Waals surface area contributed by atoms with Crippen LogP contribution >= 0.6 is 0 Å². The number of likely N-dealkylation sites (tertiary alicyclic amines) is 1. The van der Waals surface area contributed by atoms with Crippen molar-refractivity contribution in [2.24, 2.45) is 0 Å². The zero-order chi connectivity index (χ0) is 26.8. The van der Waals surface area contributed by atoms with Gasteiger partial charge in [0, 0.05) is 29.4 Å². The number of nitrogens with two attached hydrogens (primary N) is 1. The van der Waals surface area contributed by atoms with E-state index in [9.17, 15) is 4.79 Å². The number of carbonyl (C=O) groups excluding carboxylic acids is 1. The third-order valence-corrected chi connectivity index (χ3v) is 7.02. The third-order valence-electron chi connectivity index (χ3n) is 7.02. The molecule has 1 amide bonds. The lowest BCUT2D eigenvalue weighted by Gasteiger charge is -2.15. The van der Waals surface area contributed by atoms with E-state index in [2.05, 4.69) is 30.4 Å². The first-order valence-electron chi connectivity index (χ1n) is 13.0. The van der Waals surface area contributed by atoms with Gasteiger partial charge in [0.1, 0.15) is 23.6 Å². The quantitative estimate of drug-likeness (QED) is 0.258. The zero-order valence-electron chi connectivity index (χ0n) is 21.6. The molecule has 2 aromatic heterocycles. The van der Waals surface area contributed by atoms with Crippen LogP contribution in [0.5, 0.6) is 11.5 Å². The minimum Gasteiger partial charge on any atom is -0.457 e. The van der Waals surface area contributed by atoms with Crippen LogP contribution < -0.4 is 15.8 Å². The fourth-order valence-electron chi connectivity index (χ4n) is 4.86. The lowest BCUT2D eigenvalue weighted by Crippen LogP contribution is -2.18. The SMILES string of the molecule is Cc1ccc(NC(=O)c2ccc(CN3CCCC3)cc2)cc1Oc1ccc(-c2[nH]nc3ncnc(N)c23)cc1. The molecule has 1 fully saturated rings. The van der Waals surface area contributed by atoms with E-state index < -0.39 is 0 Å². The Labute approximate surface area is 226 Å². The van der Waals surface area contributed by atoms with Crippen molar-refractivity contribution in [1.82, 2.24) is 25.1 Å². The van der Waals surface area contributed by atoms with Crippen LogP contribution in [-0.4, -0.2) is 44.1 Å². The Balaban J connectivity index is 1.13. The number of nitrogen functional groups attached to an aromatic ring is 1. The summed E-state index contributed by atoms with van der Waals surface area (Å²) in [4.78, 5) is 23.6. The maximum absolute atomic E-state index is 12.9. The number of ether oxygens (including phenoxy) is 1.